The largest absolute Gasteiger partial charge is 0.472 e. The number of hydrogen-bond acceptors (Lipinski definition) is 8. The van der Waals surface area contributed by atoms with Crippen LogP contribution in [0, 0.1) is 0 Å². The summed E-state index contributed by atoms with van der Waals surface area (Å²) < 4.78 is 33.4. The molecule has 0 aliphatic rings. The lowest BCUT2D eigenvalue weighted by molar-refractivity contribution is -0.161. The van der Waals surface area contributed by atoms with Crippen molar-refractivity contribution in [1.82, 2.24) is 4.90 Å². The van der Waals surface area contributed by atoms with Gasteiger partial charge in [0.05, 0.1) is 13.2 Å². The Morgan fingerprint density at radius 2 is 0.947 bits per heavy atom. The van der Waals surface area contributed by atoms with Gasteiger partial charge in [0, 0.05) is 19.4 Å². The molecule has 1 N–H and O–H groups in total. The van der Waals surface area contributed by atoms with Crippen molar-refractivity contribution in [2.24, 2.45) is 0 Å². The number of carbonyl (C=O) groups excluding carboxylic acids is 2. The summed E-state index contributed by atoms with van der Waals surface area (Å²) in [7, 11) is -0.767. The SMILES string of the molecule is CC/C=C\C/C=C\C/C=C\C/C=C\C/C=C\CCCCCC(=O)OC(COC(=O)CCCC/C=C\C/C=C\C/C=C\C/C=C\CC)COP(=O)(O)OCCN(C)C. The molecule has 0 heterocycles. The number of esters is 2. The summed E-state index contributed by atoms with van der Waals surface area (Å²) in [6.07, 6.45) is 52.8. The Kier molecular flexibility index (Phi) is 38.5. The van der Waals surface area contributed by atoms with Gasteiger partial charge in [-0.05, 0) is 110 Å². The molecule has 0 aromatic rings. The van der Waals surface area contributed by atoms with E-state index in [4.69, 9.17) is 18.5 Å². The van der Waals surface area contributed by atoms with E-state index >= 15 is 0 Å². The van der Waals surface area contributed by atoms with Crippen molar-refractivity contribution in [2.75, 3.05) is 40.5 Å². The normalized spacial score (nSPS) is 14.5. The monoisotopic (exact) mass is 814 g/mol. The number of unbranched alkanes of at least 4 members (excludes halogenated alkanes) is 5. The van der Waals surface area contributed by atoms with Crippen molar-refractivity contribution in [1.29, 1.82) is 0 Å². The summed E-state index contributed by atoms with van der Waals surface area (Å²) in [5, 5.41) is 0. The highest BCUT2D eigenvalue weighted by Gasteiger charge is 2.26. The van der Waals surface area contributed by atoms with Crippen LogP contribution < -0.4 is 0 Å². The van der Waals surface area contributed by atoms with Crippen LogP contribution in [0.4, 0.5) is 0 Å². The molecule has 322 valence electrons. The molecule has 0 bridgehead atoms. The fourth-order valence-electron chi connectivity index (χ4n) is 4.88. The first-order valence-corrected chi connectivity index (χ1v) is 22.7. The molecule has 0 aliphatic heterocycles. The minimum Gasteiger partial charge on any atom is -0.462 e. The van der Waals surface area contributed by atoms with E-state index in [-0.39, 0.29) is 26.1 Å². The first kappa shape index (κ1) is 53.7. The number of carbonyl (C=O) groups is 2. The van der Waals surface area contributed by atoms with Crippen molar-refractivity contribution in [3.05, 3.63) is 109 Å². The van der Waals surface area contributed by atoms with E-state index in [0.717, 1.165) is 89.9 Å². The van der Waals surface area contributed by atoms with Gasteiger partial charge in [0.25, 0.3) is 0 Å². The van der Waals surface area contributed by atoms with Crippen LogP contribution >= 0.6 is 7.82 Å². The van der Waals surface area contributed by atoms with Crippen LogP contribution in [0.3, 0.4) is 0 Å². The van der Waals surface area contributed by atoms with E-state index in [1.54, 1.807) is 4.90 Å². The lowest BCUT2D eigenvalue weighted by Gasteiger charge is -2.20. The maximum absolute atomic E-state index is 12.6. The van der Waals surface area contributed by atoms with Gasteiger partial charge in [0.2, 0.25) is 0 Å². The molecule has 57 heavy (non-hydrogen) atoms. The number of ether oxygens (including phenoxy) is 2. The summed E-state index contributed by atoms with van der Waals surface area (Å²) in [6.45, 7) is 3.97. The number of phosphoric acid groups is 1. The predicted octanol–water partition coefficient (Wildman–Crippen LogP) is 12.2. The molecular weight excluding hydrogens is 737 g/mol. The number of rotatable bonds is 37. The molecule has 0 radical (unpaired) electrons. The Morgan fingerprint density at radius 3 is 1.40 bits per heavy atom. The van der Waals surface area contributed by atoms with E-state index in [2.05, 4.69) is 123 Å². The van der Waals surface area contributed by atoms with E-state index in [1.165, 1.54) is 0 Å². The van der Waals surface area contributed by atoms with Gasteiger partial charge in [-0.3, -0.25) is 18.6 Å². The molecule has 2 atom stereocenters. The molecule has 0 amide bonds. The molecule has 0 rings (SSSR count). The summed E-state index contributed by atoms with van der Waals surface area (Å²) in [6, 6.07) is 0. The van der Waals surface area contributed by atoms with Crippen LogP contribution in [0.15, 0.2) is 109 Å². The van der Waals surface area contributed by atoms with Crippen LogP contribution in [0.5, 0.6) is 0 Å². The molecule has 0 aromatic heterocycles. The second-order valence-corrected chi connectivity index (χ2v) is 15.2. The van der Waals surface area contributed by atoms with Gasteiger partial charge in [-0.1, -0.05) is 130 Å². The molecule has 0 saturated carbocycles. The zero-order valence-corrected chi connectivity index (χ0v) is 36.6. The predicted molar refractivity (Wildman–Crippen MR) is 238 cm³/mol. The summed E-state index contributed by atoms with van der Waals surface area (Å²) >= 11 is 0. The fourth-order valence-corrected chi connectivity index (χ4v) is 5.62. The minimum absolute atomic E-state index is 0.0131. The second-order valence-electron chi connectivity index (χ2n) is 13.7. The lowest BCUT2D eigenvalue weighted by atomic mass is 10.1. The molecule has 0 spiro atoms. The number of nitrogens with zero attached hydrogens (tertiary/aromatic N) is 1. The topological polar surface area (TPSA) is 112 Å². The van der Waals surface area contributed by atoms with Crippen LogP contribution in [0.25, 0.3) is 0 Å². The Morgan fingerprint density at radius 1 is 0.544 bits per heavy atom. The van der Waals surface area contributed by atoms with Crippen LogP contribution in [-0.4, -0.2) is 68.3 Å². The van der Waals surface area contributed by atoms with Crippen molar-refractivity contribution < 1.29 is 37.6 Å². The fraction of sp³-hybridized carbons (Fsp3) is 0.574. The molecule has 0 aliphatic carbocycles. The van der Waals surface area contributed by atoms with Gasteiger partial charge in [0.15, 0.2) is 6.10 Å². The van der Waals surface area contributed by atoms with Crippen LogP contribution in [-0.2, 0) is 32.7 Å². The Balaban J connectivity index is 4.47. The molecule has 2 unspecified atom stereocenters. The van der Waals surface area contributed by atoms with Crippen molar-refractivity contribution in [3.63, 3.8) is 0 Å². The van der Waals surface area contributed by atoms with Crippen molar-refractivity contribution >= 4 is 19.8 Å². The maximum Gasteiger partial charge on any atom is 0.472 e. The van der Waals surface area contributed by atoms with E-state index in [0.29, 0.717) is 19.4 Å². The Hall–Kier alpha value is -3.33. The van der Waals surface area contributed by atoms with Gasteiger partial charge in [-0.15, -0.1) is 0 Å². The smallest absolute Gasteiger partial charge is 0.462 e. The molecule has 10 heteroatoms. The minimum atomic E-state index is -4.39. The Bertz CT molecular complexity index is 1310. The Labute approximate surface area is 346 Å². The van der Waals surface area contributed by atoms with Crippen molar-refractivity contribution in [2.45, 2.75) is 136 Å². The molecule has 9 nitrogen and oxygen atoms in total. The lowest BCUT2D eigenvalue weighted by Crippen LogP contribution is -2.29. The third-order valence-electron chi connectivity index (χ3n) is 8.07. The first-order chi connectivity index (χ1) is 27.7. The first-order valence-electron chi connectivity index (χ1n) is 21.2. The number of phosphoric ester groups is 1. The highest BCUT2D eigenvalue weighted by molar-refractivity contribution is 7.47. The van der Waals surface area contributed by atoms with Crippen molar-refractivity contribution in [3.8, 4) is 0 Å². The average molecular weight is 814 g/mol. The summed E-state index contributed by atoms with van der Waals surface area (Å²) in [4.78, 5) is 37.0. The van der Waals surface area contributed by atoms with Crippen LogP contribution in [0.1, 0.15) is 129 Å². The summed E-state index contributed by atoms with van der Waals surface area (Å²) in [5.41, 5.74) is 0. The number of hydrogen-bond donors (Lipinski definition) is 1. The third kappa shape index (κ3) is 42.1. The summed E-state index contributed by atoms with van der Waals surface area (Å²) in [5.74, 6) is -0.903. The maximum atomic E-state index is 12.6. The molecule has 0 saturated heterocycles. The molecule has 0 fully saturated rings. The van der Waals surface area contributed by atoms with E-state index in [9.17, 15) is 19.0 Å². The standard InChI is InChI=1S/C47H76NO8P/c1-5-7-9-11-13-15-17-19-21-22-23-24-26-28-30-32-34-36-38-40-47(50)56-45(44-55-57(51,52)54-42-41-48(3)4)43-53-46(49)39-37-35-33-31-29-27-25-20-18-16-14-12-10-8-6-2/h7-10,13-16,19-21,23-25,28-31,45H,5-6,11-12,17-18,22,26-27,32-44H2,1-4H3,(H,51,52)/b9-7-,10-8-,15-13-,16-14-,21-19-,24-23-,25-20-,30-28-,31-29-. The zero-order chi connectivity index (χ0) is 41.9. The highest BCUT2D eigenvalue weighted by Crippen LogP contribution is 2.43. The zero-order valence-electron chi connectivity index (χ0n) is 35.7. The number of likely N-dealkylation sites (N-methyl/N-ethyl adjacent to an activating group) is 1. The van der Waals surface area contributed by atoms with E-state index < -0.39 is 32.5 Å². The second kappa shape index (κ2) is 40.9. The average Bonchev–Trinajstić information content (AvgIpc) is 3.18. The molecule has 0 aromatic carbocycles. The van der Waals surface area contributed by atoms with E-state index in [1.807, 2.05) is 14.1 Å². The van der Waals surface area contributed by atoms with Gasteiger partial charge < -0.3 is 19.3 Å². The van der Waals surface area contributed by atoms with Crippen LogP contribution in [0.2, 0.25) is 0 Å². The number of allylic oxidation sites excluding steroid dienone is 18. The van der Waals surface area contributed by atoms with Gasteiger partial charge in [-0.25, -0.2) is 4.57 Å². The quantitative estimate of drug-likeness (QED) is 0.0283. The van der Waals surface area contributed by atoms with Gasteiger partial charge >= 0.3 is 19.8 Å². The van der Waals surface area contributed by atoms with Gasteiger partial charge in [-0.2, -0.15) is 0 Å². The third-order valence-corrected chi connectivity index (χ3v) is 9.06. The van der Waals surface area contributed by atoms with Gasteiger partial charge in [0.1, 0.15) is 6.61 Å². The molecular formula is C47H76NO8P. The highest BCUT2D eigenvalue weighted by atomic mass is 31.2.